The highest BCUT2D eigenvalue weighted by molar-refractivity contribution is 7.98. The molecule has 2 atom stereocenters. The van der Waals surface area contributed by atoms with Gasteiger partial charge in [-0.05, 0) is 30.8 Å². The molecule has 0 aromatic carbocycles. The normalized spacial score (nSPS) is 14.9. The molecule has 0 aromatic heterocycles. The minimum atomic E-state index is -0.464. The Hall–Kier alpha value is -0.260. The molecule has 0 spiro atoms. The van der Waals surface area contributed by atoms with Crippen LogP contribution < -0.4 is 11.1 Å². The Labute approximate surface area is 102 Å². The zero-order valence-corrected chi connectivity index (χ0v) is 11.2. The predicted molar refractivity (Wildman–Crippen MR) is 69.4 cm³/mol. The van der Waals surface area contributed by atoms with Gasteiger partial charge in [0.1, 0.15) is 0 Å². The van der Waals surface area contributed by atoms with E-state index in [9.17, 15) is 4.79 Å². The van der Waals surface area contributed by atoms with E-state index in [4.69, 9.17) is 10.8 Å². The van der Waals surface area contributed by atoms with E-state index in [1.54, 1.807) is 11.8 Å². The SMILES string of the molecule is CSCC[C@@H](N)C(=O)NC(CO)CC(C)C. The van der Waals surface area contributed by atoms with E-state index in [-0.39, 0.29) is 18.6 Å². The van der Waals surface area contributed by atoms with E-state index in [2.05, 4.69) is 19.2 Å². The smallest absolute Gasteiger partial charge is 0.237 e. The summed E-state index contributed by atoms with van der Waals surface area (Å²) < 4.78 is 0. The van der Waals surface area contributed by atoms with Gasteiger partial charge in [-0.3, -0.25) is 4.79 Å². The van der Waals surface area contributed by atoms with Crippen molar-refractivity contribution in [3.63, 3.8) is 0 Å². The zero-order chi connectivity index (χ0) is 12.6. The number of hydrogen-bond donors (Lipinski definition) is 3. The number of carbonyl (C=O) groups is 1. The van der Waals surface area contributed by atoms with Gasteiger partial charge in [-0.1, -0.05) is 13.8 Å². The first-order valence-electron chi connectivity index (χ1n) is 5.67. The van der Waals surface area contributed by atoms with Crippen LogP contribution in [0.3, 0.4) is 0 Å². The lowest BCUT2D eigenvalue weighted by Gasteiger charge is -2.20. The molecule has 4 nitrogen and oxygen atoms in total. The molecule has 4 N–H and O–H groups in total. The van der Waals surface area contributed by atoms with Crippen LogP contribution in [-0.2, 0) is 4.79 Å². The highest BCUT2D eigenvalue weighted by atomic mass is 32.2. The van der Waals surface area contributed by atoms with Crippen molar-refractivity contribution in [3.05, 3.63) is 0 Å². The van der Waals surface area contributed by atoms with Gasteiger partial charge in [0, 0.05) is 0 Å². The summed E-state index contributed by atoms with van der Waals surface area (Å²) in [5.41, 5.74) is 5.73. The van der Waals surface area contributed by atoms with Crippen LogP contribution in [0.4, 0.5) is 0 Å². The van der Waals surface area contributed by atoms with Gasteiger partial charge in [-0.2, -0.15) is 11.8 Å². The fourth-order valence-electron chi connectivity index (χ4n) is 1.43. The molecule has 1 unspecified atom stereocenters. The topological polar surface area (TPSA) is 75.4 Å². The van der Waals surface area contributed by atoms with E-state index in [0.717, 1.165) is 12.2 Å². The second-order valence-corrected chi connectivity index (χ2v) is 5.39. The summed E-state index contributed by atoms with van der Waals surface area (Å²) in [5.74, 6) is 1.16. The summed E-state index contributed by atoms with van der Waals surface area (Å²) in [6.45, 7) is 4.09. The second kappa shape index (κ2) is 8.84. The maximum absolute atomic E-state index is 11.6. The minimum Gasteiger partial charge on any atom is -0.394 e. The van der Waals surface area contributed by atoms with Crippen molar-refractivity contribution in [2.75, 3.05) is 18.6 Å². The summed E-state index contributed by atoms with van der Waals surface area (Å²) >= 11 is 1.67. The third-order valence-corrected chi connectivity index (χ3v) is 2.94. The average molecular weight is 248 g/mol. The van der Waals surface area contributed by atoms with Crippen LogP contribution in [0.15, 0.2) is 0 Å². The van der Waals surface area contributed by atoms with Crippen molar-refractivity contribution < 1.29 is 9.90 Å². The molecular weight excluding hydrogens is 224 g/mol. The highest BCUT2D eigenvalue weighted by Gasteiger charge is 2.17. The molecule has 0 heterocycles. The fraction of sp³-hybridized carbons (Fsp3) is 0.909. The highest BCUT2D eigenvalue weighted by Crippen LogP contribution is 2.05. The largest absolute Gasteiger partial charge is 0.394 e. The number of amides is 1. The molecule has 0 bridgehead atoms. The Bertz CT molecular complexity index is 200. The van der Waals surface area contributed by atoms with Gasteiger partial charge < -0.3 is 16.2 Å². The molecular formula is C11H24N2O2S. The Morgan fingerprint density at radius 2 is 2.12 bits per heavy atom. The van der Waals surface area contributed by atoms with Crippen LogP contribution >= 0.6 is 11.8 Å². The van der Waals surface area contributed by atoms with E-state index >= 15 is 0 Å². The van der Waals surface area contributed by atoms with E-state index in [1.807, 2.05) is 6.26 Å². The van der Waals surface area contributed by atoms with Crippen molar-refractivity contribution in [1.82, 2.24) is 5.32 Å². The number of nitrogens with one attached hydrogen (secondary N) is 1. The summed E-state index contributed by atoms with van der Waals surface area (Å²) in [5, 5.41) is 11.9. The predicted octanol–water partition coefficient (Wildman–Crippen LogP) is 0.590. The molecule has 0 aliphatic heterocycles. The number of aliphatic hydroxyl groups excluding tert-OH is 1. The standard InChI is InChI=1S/C11H24N2O2S/c1-8(2)6-9(7-14)13-11(15)10(12)4-5-16-3/h8-10,14H,4-7,12H2,1-3H3,(H,13,15)/t9?,10-/m1/s1. The number of aliphatic hydroxyl groups is 1. The van der Waals surface area contributed by atoms with E-state index < -0.39 is 6.04 Å². The van der Waals surface area contributed by atoms with Gasteiger partial charge in [0.15, 0.2) is 0 Å². The molecule has 0 aromatic rings. The first-order valence-corrected chi connectivity index (χ1v) is 7.06. The summed E-state index contributed by atoms with van der Waals surface area (Å²) in [4.78, 5) is 11.6. The molecule has 0 aliphatic rings. The average Bonchev–Trinajstić information content (AvgIpc) is 2.23. The van der Waals surface area contributed by atoms with Gasteiger partial charge >= 0.3 is 0 Å². The molecule has 0 radical (unpaired) electrons. The maximum Gasteiger partial charge on any atom is 0.237 e. The Morgan fingerprint density at radius 3 is 2.56 bits per heavy atom. The van der Waals surface area contributed by atoms with Crippen LogP contribution in [0.1, 0.15) is 26.7 Å². The number of nitrogens with two attached hydrogens (primary N) is 1. The van der Waals surface area contributed by atoms with Crippen LogP contribution in [0.2, 0.25) is 0 Å². The molecule has 5 heteroatoms. The molecule has 1 amide bonds. The number of rotatable bonds is 8. The zero-order valence-electron chi connectivity index (χ0n) is 10.4. The van der Waals surface area contributed by atoms with Crippen molar-refractivity contribution in [2.24, 2.45) is 11.7 Å². The van der Waals surface area contributed by atoms with Crippen LogP contribution in [0.5, 0.6) is 0 Å². The van der Waals surface area contributed by atoms with Crippen LogP contribution in [0, 0.1) is 5.92 Å². The first kappa shape index (κ1) is 15.7. The van der Waals surface area contributed by atoms with E-state index in [0.29, 0.717) is 12.3 Å². The lowest BCUT2D eigenvalue weighted by atomic mass is 10.0. The van der Waals surface area contributed by atoms with Crippen molar-refractivity contribution in [2.45, 2.75) is 38.8 Å². The summed E-state index contributed by atoms with van der Waals surface area (Å²) in [7, 11) is 0. The Morgan fingerprint density at radius 1 is 1.50 bits per heavy atom. The number of carbonyl (C=O) groups excluding carboxylic acids is 1. The van der Waals surface area contributed by atoms with Gasteiger partial charge in [-0.25, -0.2) is 0 Å². The molecule has 0 fully saturated rings. The third kappa shape index (κ3) is 7.09. The van der Waals surface area contributed by atoms with Crippen LogP contribution in [0.25, 0.3) is 0 Å². The van der Waals surface area contributed by atoms with Gasteiger partial charge in [0.2, 0.25) is 5.91 Å². The molecule has 0 rings (SSSR count). The van der Waals surface area contributed by atoms with E-state index in [1.165, 1.54) is 0 Å². The summed E-state index contributed by atoms with van der Waals surface area (Å²) in [6, 6.07) is -0.638. The molecule has 0 saturated heterocycles. The second-order valence-electron chi connectivity index (χ2n) is 4.41. The van der Waals surface area contributed by atoms with Gasteiger partial charge in [-0.15, -0.1) is 0 Å². The maximum atomic E-state index is 11.6. The molecule has 16 heavy (non-hydrogen) atoms. The third-order valence-electron chi connectivity index (χ3n) is 2.29. The number of thioether (sulfide) groups is 1. The Kier molecular flexibility index (Phi) is 8.70. The lowest BCUT2D eigenvalue weighted by Crippen LogP contribution is -2.47. The molecule has 0 saturated carbocycles. The summed E-state index contributed by atoms with van der Waals surface area (Å²) in [6.07, 6.45) is 3.43. The van der Waals surface area contributed by atoms with Crippen molar-refractivity contribution in [3.8, 4) is 0 Å². The van der Waals surface area contributed by atoms with Crippen molar-refractivity contribution >= 4 is 17.7 Å². The first-order chi connectivity index (χ1) is 7.51. The molecule has 0 aliphatic carbocycles. The molecule has 96 valence electrons. The fourth-order valence-corrected chi connectivity index (χ4v) is 1.92. The van der Waals surface area contributed by atoms with Crippen molar-refractivity contribution in [1.29, 1.82) is 0 Å². The van der Waals surface area contributed by atoms with Gasteiger partial charge in [0.05, 0.1) is 18.7 Å². The quantitative estimate of drug-likeness (QED) is 0.588. The van der Waals surface area contributed by atoms with Gasteiger partial charge in [0.25, 0.3) is 0 Å². The monoisotopic (exact) mass is 248 g/mol. The lowest BCUT2D eigenvalue weighted by molar-refractivity contribution is -0.123. The Balaban J connectivity index is 3.98. The van der Waals surface area contributed by atoms with Crippen LogP contribution in [-0.4, -0.2) is 41.7 Å². The minimum absolute atomic E-state index is 0.0286. The number of hydrogen-bond acceptors (Lipinski definition) is 4.